The van der Waals surface area contributed by atoms with E-state index in [-0.39, 0.29) is 68.6 Å². The Morgan fingerprint density at radius 1 is 0.909 bits per heavy atom. The standard InChI is InChI=1S/C6H15NO3.C5H9NO2.C4H11NO2.C3H7NO3.Na/c8-4-1-7(2-5-9)3-6-10;7-5(8)4-2-1-3-6-4;6-3-1-5-2-4-7;4-2(1-5)3(6)7;/h8-10H,1-6H2;4,6H,1-3H2,(H,7,8);5-7H,1-4H2;2,5H,1,4H2,(H,6,7);/t;4-;;2-;/m.0.0./s1. The van der Waals surface area contributed by atoms with Gasteiger partial charge in [0, 0.05) is 62.3 Å². The summed E-state index contributed by atoms with van der Waals surface area (Å²) in [5.74, 6) is -1.90. The molecule has 1 rings (SSSR count). The largest absolute Gasteiger partial charge is 0.480 e. The molecule has 1 aliphatic heterocycles. The second-order valence-electron chi connectivity index (χ2n) is 6.32. The van der Waals surface area contributed by atoms with Crippen molar-refractivity contribution in [1.29, 1.82) is 0 Å². The number of rotatable bonds is 13. The minimum Gasteiger partial charge on any atom is -0.480 e. The Morgan fingerprint density at radius 3 is 1.55 bits per heavy atom. The molecular formula is C18H42N4NaO10. The molecule has 33 heavy (non-hydrogen) atoms. The van der Waals surface area contributed by atoms with Crippen molar-refractivity contribution in [3.8, 4) is 0 Å². The zero-order valence-corrected chi connectivity index (χ0v) is 21.5. The summed E-state index contributed by atoms with van der Waals surface area (Å²) in [6.45, 7) is 3.52. The van der Waals surface area contributed by atoms with Crippen molar-refractivity contribution in [3.05, 3.63) is 0 Å². The maximum atomic E-state index is 10.1. The van der Waals surface area contributed by atoms with Gasteiger partial charge in [-0.15, -0.1) is 0 Å². The number of aliphatic hydroxyl groups is 6. The SMILES string of the molecule is N[C@@H](CO)C(=O)O.O=C(O)[C@@H]1CCCN1.OCCN(CCO)CCO.OCCNCCO.[Na]. The van der Waals surface area contributed by atoms with Crippen molar-refractivity contribution in [3.63, 3.8) is 0 Å². The van der Waals surface area contributed by atoms with Gasteiger partial charge in [0.05, 0.1) is 39.6 Å². The second kappa shape index (κ2) is 31.5. The third-order valence-electron chi connectivity index (χ3n) is 3.70. The van der Waals surface area contributed by atoms with Gasteiger partial charge in [-0.25, -0.2) is 0 Å². The van der Waals surface area contributed by atoms with Crippen molar-refractivity contribution in [2.24, 2.45) is 5.73 Å². The van der Waals surface area contributed by atoms with Gasteiger partial charge in [0.15, 0.2) is 0 Å². The molecule has 2 atom stereocenters. The third kappa shape index (κ3) is 31.5. The fraction of sp³-hybridized carbons (Fsp3) is 0.889. The average molecular weight is 498 g/mol. The third-order valence-corrected chi connectivity index (χ3v) is 3.70. The molecule has 1 saturated heterocycles. The Bertz CT molecular complexity index is 403. The van der Waals surface area contributed by atoms with E-state index < -0.39 is 24.6 Å². The maximum absolute atomic E-state index is 10.1. The number of nitrogens with one attached hydrogen (secondary N) is 2. The van der Waals surface area contributed by atoms with Gasteiger partial charge in [-0.05, 0) is 19.4 Å². The molecule has 0 amide bonds. The van der Waals surface area contributed by atoms with Gasteiger partial charge in [-0.1, -0.05) is 0 Å². The molecule has 14 nitrogen and oxygen atoms in total. The van der Waals surface area contributed by atoms with Crippen molar-refractivity contribution < 1.29 is 50.4 Å². The van der Waals surface area contributed by atoms with Crippen LogP contribution in [0.1, 0.15) is 12.8 Å². The molecule has 12 N–H and O–H groups in total. The minimum absolute atomic E-state index is 0. The normalized spacial score (nSPS) is 15.0. The van der Waals surface area contributed by atoms with Crippen molar-refractivity contribution in [1.82, 2.24) is 15.5 Å². The molecule has 0 saturated carbocycles. The number of hydrogen-bond acceptors (Lipinski definition) is 12. The molecular weight excluding hydrogens is 455 g/mol. The molecule has 195 valence electrons. The van der Waals surface area contributed by atoms with Crippen molar-refractivity contribution >= 4 is 41.5 Å². The predicted molar refractivity (Wildman–Crippen MR) is 122 cm³/mol. The summed E-state index contributed by atoms with van der Waals surface area (Å²) in [5.41, 5.74) is 4.77. The van der Waals surface area contributed by atoms with E-state index in [1.54, 1.807) is 4.90 Å². The van der Waals surface area contributed by atoms with Gasteiger partial charge in [-0.3, -0.25) is 14.5 Å². The number of nitrogens with two attached hydrogens (primary N) is 1. The van der Waals surface area contributed by atoms with Crippen LogP contribution in [0.4, 0.5) is 0 Å². The fourth-order valence-electron chi connectivity index (χ4n) is 2.02. The van der Waals surface area contributed by atoms with E-state index in [4.69, 9.17) is 46.6 Å². The van der Waals surface area contributed by atoms with Crippen LogP contribution in [0, 0.1) is 0 Å². The van der Waals surface area contributed by atoms with E-state index in [2.05, 4.69) is 10.6 Å². The van der Waals surface area contributed by atoms with E-state index in [9.17, 15) is 9.59 Å². The first-order valence-corrected chi connectivity index (χ1v) is 10.3. The molecule has 0 spiro atoms. The molecule has 1 aliphatic rings. The Labute approximate surface area is 216 Å². The Hall–Kier alpha value is -0.460. The van der Waals surface area contributed by atoms with Crippen LogP contribution < -0.4 is 16.4 Å². The van der Waals surface area contributed by atoms with E-state index in [1.165, 1.54) is 0 Å². The summed E-state index contributed by atoms with van der Waals surface area (Å²) in [7, 11) is 0. The number of carbonyl (C=O) groups is 2. The predicted octanol–water partition coefficient (Wildman–Crippen LogP) is -5.34. The van der Waals surface area contributed by atoms with Gasteiger partial charge in [0.25, 0.3) is 0 Å². The number of carboxylic acids is 2. The van der Waals surface area contributed by atoms with Gasteiger partial charge >= 0.3 is 11.9 Å². The van der Waals surface area contributed by atoms with Gasteiger partial charge in [-0.2, -0.15) is 0 Å². The monoisotopic (exact) mass is 497 g/mol. The molecule has 1 radical (unpaired) electrons. The van der Waals surface area contributed by atoms with Gasteiger partial charge in [0.1, 0.15) is 12.1 Å². The molecule has 15 heteroatoms. The van der Waals surface area contributed by atoms with E-state index in [0.717, 1.165) is 19.4 Å². The van der Waals surface area contributed by atoms with Crippen LogP contribution in [-0.2, 0) is 9.59 Å². The van der Waals surface area contributed by atoms with Crippen LogP contribution in [-0.4, -0.2) is 178 Å². The molecule has 1 heterocycles. The summed E-state index contributed by atoms with van der Waals surface area (Å²) >= 11 is 0. The summed E-state index contributed by atoms with van der Waals surface area (Å²) in [4.78, 5) is 21.6. The summed E-state index contributed by atoms with van der Waals surface area (Å²) in [6, 6.07) is -1.39. The van der Waals surface area contributed by atoms with Crippen LogP contribution in [0.2, 0.25) is 0 Å². The molecule has 0 aromatic carbocycles. The van der Waals surface area contributed by atoms with E-state index in [0.29, 0.717) is 32.7 Å². The van der Waals surface area contributed by atoms with Crippen LogP contribution in [0.25, 0.3) is 0 Å². The first-order valence-electron chi connectivity index (χ1n) is 10.3. The van der Waals surface area contributed by atoms with Crippen LogP contribution in [0.3, 0.4) is 0 Å². The number of nitrogens with zero attached hydrogens (tertiary/aromatic N) is 1. The smallest absolute Gasteiger partial charge is 0.322 e. The quantitative estimate of drug-likeness (QED) is 0.0840. The minimum atomic E-state index is -1.18. The first kappa shape index (κ1) is 39.7. The Kier molecular flexibility index (Phi) is 38.0. The fourth-order valence-corrected chi connectivity index (χ4v) is 2.02. The summed E-state index contributed by atoms with van der Waals surface area (Å²) in [5, 5.41) is 71.6. The van der Waals surface area contributed by atoms with E-state index in [1.807, 2.05) is 0 Å². The number of aliphatic hydroxyl groups excluding tert-OH is 6. The van der Waals surface area contributed by atoms with Crippen LogP contribution >= 0.6 is 0 Å². The maximum Gasteiger partial charge on any atom is 0.322 e. The van der Waals surface area contributed by atoms with Gasteiger partial charge in [0.2, 0.25) is 0 Å². The molecule has 0 aliphatic carbocycles. The second-order valence-corrected chi connectivity index (χ2v) is 6.32. The zero-order chi connectivity index (χ0) is 25.2. The zero-order valence-electron chi connectivity index (χ0n) is 19.5. The summed E-state index contributed by atoms with van der Waals surface area (Å²) < 4.78 is 0. The Balaban J connectivity index is -0.000000170. The number of aliphatic carboxylic acids is 2. The number of hydrogen-bond donors (Lipinski definition) is 11. The van der Waals surface area contributed by atoms with Crippen LogP contribution in [0.15, 0.2) is 0 Å². The molecule has 0 aromatic heterocycles. The Morgan fingerprint density at radius 2 is 1.36 bits per heavy atom. The van der Waals surface area contributed by atoms with Crippen molar-refractivity contribution in [2.45, 2.75) is 24.9 Å². The first-order chi connectivity index (χ1) is 15.2. The molecule has 1 fully saturated rings. The summed E-state index contributed by atoms with van der Waals surface area (Å²) in [6.07, 6.45) is 1.78. The van der Waals surface area contributed by atoms with Crippen LogP contribution in [0.5, 0.6) is 0 Å². The molecule has 0 bridgehead atoms. The van der Waals surface area contributed by atoms with Gasteiger partial charge < -0.3 is 57.2 Å². The molecule has 0 unspecified atom stereocenters. The number of carboxylic acid groups (broad SMARTS) is 2. The average Bonchev–Trinajstić information content (AvgIpc) is 3.31. The van der Waals surface area contributed by atoms with E-state index >= 15 is 0 Å². The van der Waals surface area contributed by atoms with Crippen molar-refractivity contribution in [2.75, 3.05) is 78.9 Å². The molecule has 0 aromatic rings. The topological polar surface area (TPSA) is 249 Å².